The van der Waals surface area contributed by atoms with Gasteiger partial charge in [0.15, 0.2) is 0 Å². The summed E-state index contributed by atoms with van der Waals surface area (Å²) in [6.07, 6.45) is 3.71. The van der Waals surface area contributed by atoms with Crippen LogP contribution in [0, 0.1) is 5.92 Å². The van der Waals surface area contributed by atoms with Crippen LogP contribution in [0.25, 0.3) is 0 Å². The lowest BCUT2D eigenvalue weighted by Gasteiger charge is -2.30. The average Bonchev–Trinajstić information content (AvgIpc) is 3.21. The van der Waals surface area contributed by atoms with Gasteiger partial charge in [-0.15, -0.1) is 0 Å². The Morgan fingerprint density at radius 3 is 2.47 bits per heavy atom. The highest BCUT2D eigenvalue weighted by Crippen LogP contribution is 2.27. The average molecular weight is 270 g/mol. The van der Waals surface area contributed by atoms with Crippen LogP contribution in [0.3, 0.4) is 0 Å². The van der Waals surface area contributed by atoms with Crippen molar-refractivity contribution >= 4 is 12.0 Å². The molecule has 0 aromatic carbocycles. The van der Waals surface area contributed by atoms with Crippen molar-refractivity contribution in [3.63, 3.8) is 0 Å². The molecule has 0 spiro atoms. The number of urea groups is 1. The van der Waals surface area contributed by atoms with E-state index >= 15 is 0 Å². The van der Waals surface area contributed by atoms with Gasteiger partial charge >= 0.3 is 12.0 Å². The summed E-state index contributed by atoms with van der Waals surface area (Å²) in [5, 5.41) is 11.8. The van der Waals surface area contributed by atoms with Crippen LogP contribution in [0.4, 0.5) is 4.79 Å². The second kappa shape index (κ2) is 6.23. The summed E-state index contributed by atoms with van der Waals surface area (Å²) < 4.78 is 5.30. The van der Waals surface area contributed by atoms with Gasteiger partial charge in [-0.3, -0.25) is 4.79 Å². The first-order valence-electron chi connectivity index (χ1n) is 6.94. The minimum Gasteiger partial charge on any atom is -0.480 e. The van der Waals surface area contributed by atoms with Gasteiger partial charge in [0.1, 0.15) is 6.54 Å². The molecule has 6 nitrogen and oxygen atoms in total. The number of carboxylic acids is 1. The van der Waals surface area contributed by atoms with Gasteiger partial charge in [0.05, 0.1) is 0 Å². The summed E-state index contributed by atoms with van der Waals surface area (Å²) in [5.74, 6) is -0.538. The summed E-state index contributed by atoms with van der Waals surface area (Å²) in [7, 11) is 0. The maximum absolute atomic E-state index is 12.1. The van der Waals surface area contributed by atoms with E-state index in [4.69, 9.17) is 9.84 Å². The third kappa shape index (κ3) is 4.09. The van der Waals surface area contributed by atoms with E-state index < -0.39 is 5.97 Å². The zero-order valence-electron chi connectivity index (χ0n) is 11.3. The van der Waals surface area contributed by atoms with Crippen molar-refractivity contribution in [2.45, 2.75) is 44.7 Å². The fraction of sp³-hybridized carbons (Fsp3) is 0.846. The molecule has 2 aliphatic rings. The van der Waals surface area contributed by atoms with E-state index in [0.29, 0.717) is 5.92 Å². The molecule has 2 rings (SSSR count). The van der Waals surface area contributed by atoms with E-state index in [1.807, 2.05) is 6.92 Å². The number of ether oxygens (including phenoxy) is 1. The van der Waals surface area contributed by atoms with Crippen LogP contribution >= 0.6 is 0 Å². The molecule has 1 unspecified atom stereocenters. The normalized spacial score (nSPS) is 21.7. The third-order valence-corrected chi connectivity index (χ3v) is 3.88. The van der Waals surface area contributed by atoms with Crippen molar-refractivity contribution < 1.29 is 19.4 Å². The minimum atomic E-state index is -0.958. The number of hydrogen-bond acceptors (Lipinski definition) is 3. The molecule has 1 atom stereocenters. The molecule has 0 aromatic heterocycles. The number of nitrogens with zero attached hydrogens (tertiary/aromatic N) is 1. The molecule has 0 aromatic rings. The second-order valence-electron chi connectivity index (χ2n) is 5.44. The highest BCUT2D eigenvalue weighted by Gasteiger charge is 2.35. The molecule has 0 bridgehead atoms. The van der Waals surface area contributed by atoms with Gasteiger partial charge in [0.2, 0.25) is 0 Å². The Bertz CT molecular complexity index is 338. The van der Waals surface area contributed by atoms with Gasteiger partial charge in [0.25, 0.3) is 0 Å². The number of aliphatic carboxylic acids is 1. The van der Waals surface area contributed by atoms with Crippen molar-refractivity contribution in [2.24, 2.45) is 5.92 Å². The molecule has 1 aliphatic heterocycles. The van der Waals surface area contributed by atoms with Crippen molar-refractivity contribution in [2.75, 3.05) is 19.8 Å². The first-order valence-corrected chi connectivity index (χ1v) is 6.94. The summed E-state index contributed by atoms with van der Waals surface area (Å²) in [6.45, 7) is 3.26. The van der Waals surface area contributed by atoms with Crippen LogP contribution in [0.15, 0.2) is 0 Å². The number of nitrogens with one attached hydrogen (secondary N) is 1. The second-order valence-corrected chi connectivity index (χ2v) is 5.44. The van der Waals surface area contributed by atoms with Gasteiger partial charge in [-0.25, -0.2) is 4.79 Å². The molecular formula is C13H22N2O4. The predicted octanol–water partition coefficient (Wildman–Crippen LogP) is 1.06. The molecule has 1 saturated carbocycles. The molecule has 19 heavy (non-hydrogen) atoms. The van der Waals surface area contributed by atoms with Crippen molar-refractivity contribution in [3.05, 3.63) is 0 Å². The Balaban J connectivity index is 1.85. The number of carboxylic acid groups (broad SMARTS) is 1. The van der Waals surface area contributed by atoms with Gasteiger partial charge in [0, 0.05) is 25.3 Å². The SMILES string of the molecule is CC(NC(=O)N(CC(=O)O)C1CC1)C1CCOCC1. The molecule has 108 valence electrons. The van der Waals surface area contributed by atoms with E-state index in [-0.39, 0.29) is 24.7 Å². The lowest BCUT2D eigenvalue weighted by atomic mass is 9.93. The van der Waals surface area contributed by atoms with Crippen LogP contribution < -0.4 is 5.32 Å². The van der Waals surface area contributed by atoms with Crippen LogP contribution in [0.2, 0.25) is 0 Å². The maximum Gasteiger partial charge on any atom is 0.323 e. The minimum absolute atomic E-state index is 0.0615. The lowest BCUT2D eigenvalue weighted by molar-refractivity contribution is -0.137. The fourth-order valence-corrected chi connectivity index (χ4v) is 2.51. The molecule has 1 aliphatic carbocycles. The number of hydrogen-bond donors (Lipinski definition) is 2. The van der Waals surface area contributed by atoms with E-state index in [1.165, 1.54) is 4.90 Å². The monoisotopic (exact) mass is 270 g/mol. The number of rotatable bonds is 5. The smallest absolute Gasteiger partial charge is 0.323 e. The Morgan fingerprint density at radius 1 is 1.32 bits per heavy atom. The first-order chi connectivity index (χ1) is 9.08. The van der Waals surface area contributed by atoms with Crippen molar-refractivity contribution in [3.8, 4) is 0 Å². The Morgan fingerprint density at radius 2 is 1.95 bits per heavy atom. The fourth-order valence-electron chi connectivity index (χ4n) is 2.51. The lowest BCUT2D eigenvalue weighted by Crippen LogP contribution is -2.49. The number of amides is 2. The largest absolute Gasteiger partial charge is 0.480 e. The predicted molar refractivity (Wildman–Crippen MR) is 68.9 cm³/mol. The molecular weight excluding hydrogens is 248 g/mol. The van der Waals surface area contributed by atoms with Crippen LogP contribution in [0.1, 0.15) is 32.6 Å². The van der Waals surface area contributed by atoms with Crippen LogP contribution in [-0.2, 0) is 9.53 Å². The van der Waals surface area contributed by atoms with E-state index in [1.54, 1.807) is 0 Å². The Kier molecular flexibility index (Phi) is 4.63. The van der Waals surface area contributed by atoms with Crippen molar-refractivity contribution in [1.29, 1.82) is 0 Å². The zero-order valence-corrected chi connectivity index (χ0v) is 11.3. The van der Waals surface area contributed by atoms with E-state index in [9.17, 15) is 9.59 Å². The highest BCUT2D eigenvalue weighted by atomic mass is 16.5. The molecule has 6 heteroatoms. The number of carbonyl (C=O) groups is 2. The molecule has 2 fully saturated rings. The standard InChI is InChI=1S/C13H22N2O4/c1-9(10-4-6-19-7-5-10)14-13(18)15(8-12(16)17)11-2-3-11/h9-11H,2-8H2,1H3,(H,14,18)(H,16,17). The molecule has 2 amide bonds. The topological polar surface area (TPSA) is 78.9 Å². The van der Waals surface area contributed by atoms with Gasteiger partial charge < -0.3 is 20.1 Å². The summed E-state index contributed by atoms with van der Waals surface area (Å²) in [5.41, 5.74) is 0. The van der Waals surface area contributed by atoms with Crippen molar-refractivity contribution in [1.82, 2.24) is 10.2 Å². The maximum atomic E-state index is 12.1. The zero-order chi connectivity index (χ0) is 13.8. The van der Waals surface area contributed by atoms with Gasteiger partial charge in [-0.2, -0.15) is 0 Å². The van der Waals surface area contributed by atoms with Crippen LogP contribution in [-0.4, -0.2) is 53.8 Å². The summed E-state index contributed by atoms with van der Waals surface area (Å²) >= 11 is 0. The van der Waals surface area contributed by atoms with Crippen LogP contribution in [0.5, 0.6) is 0 Å². The molecule has 0 radical (unpaired) electrons. The quantitative estimate of drug-likeness (QED) is 0.783. The molecule has 2 N–H and O–H groups in total. The first kappa shape index (κ1) is 14.1. The Labute approximate surface area is 113 Å². The van der Waals surface area contributed by atoms with Gasteiger partial charge in [-0.1, -0.05) is 0 Å². The summed E-state index contributed by atoms with van der Waals surface area (Å²) in [6, 6.07) is -0.0756. The molecule has 1 heterocycles. The highest BCUT2D eigenvalue weighted by molar-refractivity contribution is 5.80. The van der Waals surface area contributed by atoms with E-state index in [2.05, 4.69) is 5.32 Å². The van der Waals surface area contributed by atoms with E-state index in [0.717, 1.165) is 38.9 Å². The summed E-state index contributed by atoms with van der Waals surface area (Å²) in [4.78, 5) is 24.4. The molecule has 1 saturated heterocycles. The number of carbonyl (C=O) groups excluding carboxylic acids is 1. The third-order valence-electron chi connectivity index (χ3n) is 3.88. The van der Waals surface area contributed by atoms with Gasteiger partial charge in [-0.05, 0) is 38.5 Å². The Hall–Kier alpha value is -1.30.